The number of aliphatic hydroxyl groups is 1. The van der Waals surface area contributed by atoms with E-state index in [1.165, 1.54) is 6.08 Å². The molecule has 1 aliphatic heterocycles. The first-order chi connectivity index (χ1) is 12.9. The Morgan fingerprint density at radius 3 is 2.70 bits per heavy atom. The smallest absolute Gasteiger partial charge is 0.254 e. The van der Waals surface area contributed by atoms with Crippen LogP contribution in [0.15, 0.2) is 61.2 Å². The highest BCUT2D eigenvalue weighted by molar-refractivity contribution is 6.30. The number of anilines is 1. The number of nitrogens with one attached hydrogen (secondary N) is 1. The third kappa shape index (κ3) is 4.76. The van der Waals surface area contributed by atoms with Gasteiger partial charge >= 0.3 is 0 Å². The number of β-amino-alcohol motifs (C(OH)–C–C–N with tert-alkyl or cyclic N) is 1. The van der Waals surface area contributed by atoms with Crippen molar-refractivity contribution in [3.8, 4) is 0 Å². The number of nitrogens with zero attached hydrogens (tertiary/aromatic N) is 1. The molecule has 1 heterocycles. The molecule has 1 fully saturated rings. The van der Waals surface area contributed by atoms with Gasteiger partial charge < -0.3 is 15.3 Å². The van der Waals surface area contributed by atoms with Crippen molar-refractivity contribution in [2.75, 3.05) is 18.4 Å². The van der Waals surface area contributed by atoms with Gasteiger partial charge in [0.25, 0.3) is 5.91 Å². The van der Waals surface area contributed by atoms with Gasteiger partial charge in [-0.1, -0.05) is 36.4 Å². The lowest BCUT2D eigenvalue weighted by molar-refractivity contribution is -0.111. The van der Waals surface area contributed by atoms with E-state index in [2.05, 4.69) is 11.9 Å². The maximum absolute atomic E-state index is 12.8. The van der Waals surface area contributed by atoms with Crippen molar-refractivity contribution >= 4 is 29.1 Å². The van der Waals surface area contributed by atoms with Gasteiger partial charge in [0.2, 0.25) is 5.91 Å². The quantitative estimate of drug-likeness (QED) is 0.777. The van der Waals surface area contributed by atoms with E-state index in [0.29, 0.717) is 35.7 Å². The molecule has 0 radical (unpaired) electrons. The van der Waals surface area contributed by atoms with Crippen LogP contribution in [0.4, 0.5) is 5.69 Å². The van der Waals surface area contributed by atoms with E-state index in [-0.39, 0.29) is 18.4 Å². The lowest BCUT2D eigenvalue weighted by Crippen LogP contribution is -2.37. The van der Waals surface area contributed by atoms with Crippen LogP contribution in [0.2, 0.25) is 5.02 Å². The van der Waals surface area contributed by atoms with Gasteiger partial charge in [0.05, 0.1) is 12.1 Å². The van der Waals surface area contributed by atoms with E-state index in [4.69, 9.17) is 11.6 Å². The largest absolute Gasteiger partial charge is 0.388 e. The average Bonchev–Trinajstić information content (AvgIpc) is 3.05. The van der Waals surface area contributed by atoms with Gasteiger partial charge in [0.1, 0.15) is 0 Å². The van der Waals surface area contributed by atoms with Crippen LogP contribution in [-0.4, -0.2) is 40.5 Å². The topological polar surface area (TPSA) is 69.6 Å². The highest BCUT2D eigenvalue weighted by Crippen LogP contribution is 2.27. The molecule has 2 N–H and O–H groups in total. The number of benzene rings is 2. The Labute approximate surface area is 163 Å². The molecule has 1 saturated heterocycles. The summed E-state index contributed by atoms with van der Waals surface area (Å²) in [6, 6.07) is 14.1. The second-order valence-electron chi connectivity index (χ2n) is 6.78. The van der Waals surface area contributed by atoms with Crippen LogP contribution in [0.1, 0.15) is 22.3 Å². The molecule has 140 valence electrons. The Hall–Kier alpha value is -2.63. The molecule has 2 aromatic carbocycles. The third-order valence-electron chi connectivity index (χ3n) is 4.63. The summed E-state index contributed by atoms with van der Waals surface area (Å²) in [6.07, 6.45) is 2.14. The van der Waals surface area contributed by atoms with Gasteiger partial charge in [-0.15, -0.1) is 0 Å². The number of rotatable bonds is 5. The number of amides is 2. The van der Waals surface area contributed by atoms with Gasteiger partial charge in [-0.25, -0.2) is 0 Å². The van der Waals surface area contributed by atoms with Crippen LogP contribution >= 0.6 is 11.6 Å². The van der Waals surface area contributed by atoms with Gasteiger partial charge in [0, 0.05) is 29.2 Å². The van der Waals surface area contributed by atoms with Crippen LogP contribution in [-0.2, 0) is 11.2 Å². The fourth-order valence-electron chi connectivity index (χ4n) is 3.26. The van der Waals surface area contributed by atoms with Gasteiger partial charge in [-0.3, -0.25) is 9.59 Å². The second-order valence-corrected chi connectivity index (χ2v) is 7.21. The van der Waals surface area contributed by atoms with Crippen LogP contribution < -0.4 is 5.32 Å². The Bertz CT molecular complexity index is 866. The van der Waals surface area contributed by atoms with Crippen molar-refractivity contribution in [3.63, 3.8) is 0 Å². The molecule has 3 rings (SSSR count). The van der Waals surface area contributed by atoms with Crippen LogP contribution in [0.25, 0.3) is 0 Å². The molecule has 6 heteroatoms. The first-order valence-corrected chi connectivity index (χ1v) is 9.06. The van der Waals surface area contributed by atoms with Crippen molar-refractivity contribution in [2.24, 2.45) is 0 Å². The summed E-state index contributed by atoms with van der Waals surface area (Å²) in [7, 11) is 0. The van der Waals surface area contributed by atoms with Gasteiger partial charge in [0.15, 0.2) is 0 Å². The molecule has 0 aliphatic carbocycles. The summed E-state index contributed by atoms with van der Waals surface area (Å²) in [4.78, 5) is 25.9. The predicted molar refractivity (Wildman–Crippen MR) is 106 cm³/mol. The van der Waals surface area contributed by atoms with Crippen molar-refractivity contribution in [3.05, 3.63) is 77.3 Å². The van der Waals surface area contributed by atoms with Gasteiger partial charge in [-0.2, -0.15) is 0 Å². The molecule has 1 atom stereocenters. The maximum atomic E-state index is 12.8. The fourth-order valence-corrected chi connectivity index (χ4v) is 3.39. The van der Waals surface area contributed by atoms with E-state index in [9.17, 15) is 14.7 Å². The summed E-state index contributed by atoms with van der Waals surface area (Å²) in [5.41, 5.74) is 1.01. The fraction of sp³-hybridized carbons (Fsp3) is 0.238. The molecule has 1 aliphatic rings. The van der Waals surface area contributed by atoms with Crippen molar-refractivity contribution in [1.82, 2.24) is 4.90 Å². The van der Waals surface area contributed by atoms with E-state index in [0.717, 1.165) is 5.56 Å². The van der Waals surface area contributed by atoms with E-state index < -0.39 is 5.60 Å². The highest BCUT2D eigenvalue weighted by atomic mass is 35.5. The van der Waals surface area contributed by atoms with Crippen LogP contribution in [0.5, 0.6) is 0 Å². The first kappa shape index (κ1) is 19.1. The minimum atomic E-state index is -0.960. The minimum absolute atomic E-state index is 0.170. The molecule has 0 bridgehead atoms. The summed E-state index contributed by atoms with van der Waals surface area (Å²) in [5, 5.41) is 14.2. The standard InChI is InChI=1S/C21H21ClN2O3/c1-2-19(25)23-18-5-3-4-16(12-18)20(26)24-11-10-21(27,14-24)13-15-6-8-17(22)9-7-15/h2-9,12,27H,1,10-11,13-14H2,(H,23,25). The second kappa shape index (κ2) is 7.94. The van der Waals surface area contributed by atoms with Gasteiger partial charge in [-0.05, 0) is 48.4 Å². The lowest BCUT2D eigenvalue weighted by Gasteiger charge is -2.23. The number of hydrogen-bond donors (Lipinski definition) is 2. The van der Waals surface area contributed by atoms with E-state index in [1.807, 2.05) is 12.1 Å². The zero-order valence-corrected chi connectivity index (χ0v) is 15.6. The molecule has 27 heavy (non-hydrogen) atoms. The summed E-state index contributed by atoms with van der Waals surface area (Å²) < 4.78 is 0. The van der Waals surface area contributed by atoms with Crippen molar-refractivity contribution < 1.29 is 14.7 Å². The predicted octanol–water partition coefficient (Wildman–Crippen LogP) is 3.28. The van der Waals surface area contributed by atoms with Crippen LogP contribution in [0, 0.1) is 0 Å². The van der Waals surface area contributed by atoms with Crippen molar-refractivity contribution in [2.45, 2.75) is 18.4 Å². The number of carbonyl (C=O) groups is 2. The SMILES string of the molecule is C=CC(=O)Nc1cccc(C(=O)N2CCC(O)(Cc3ccc(Cl)cc3)C2)c1. The minimum Gasteiger partial charge on any atom is -0.388 e. The lowest BCUT2D eigenvalue weighted by atomic mass is 9.94. The number of likely N-dealkylation sites (tertiary alicyclic amines) is 1. The highest BCUT2D eigenvalue weighted by Gasteiger charge is 2.38. The monoisotopic (exact) mass is 384 g/mol. The summed E-state index contributed by atoms with van der Waals surface area (Å²) in [6.45, 7) is 4.15. The van der Waals surface area contributed by atoms with E-state index >= 15 is 0 Å². The molecule has 0 aromatic heterocycles. The maximum Gasteiger partial charge on any atom is 0.254 e. The summed E-state index contributed by atoms with van der Waals surface area (Å²) >= 11 is 5.90. The Kier molecular flexibility index (Phi) is 5.63. The van der Waals surface area contributed by atoms with E-state index in [1.54, 1.807) is 41.3 Å². The summed E-state index contributed by atoms with van der Waals surface area (Å²) in [5.74, 6) is -0.505. The number of halogens is 1. The Balaban J connectivity index is 1.68. The van der Waals surface area contributed by atoms with Crippen molar-refractivity contribution in [1.29, 1.82) is 0 Å². The zero-order valence-electron chi connectivity index (χ0n) is 14.8. The number of carbonyl (C=O) groups excluding carboxylic acids is 2. The molecule has 2 aromatic rings. The molecule has 0 spiro atoms. The molecule has 2 amide bonds. The Morgan fingerprint density at radius 2 is 2.00 bits per heavy atom. The number of hydrogen-bond acceptors (Lipinski definition) is 3. The Morgan fingerprint density at radius 1 is 1.26 bits per heavy atom. The molecule has 1 unspecified atom stereocenters. The third-order valence-corrected chi connectivity index (χ3v) is 4.88. The first-order valence-electron chi connectivity index (χ1n) is 8.68. The molecule has 0 saturated carbocycles. The normalized spacial score (nSPS) is 19.0. The molecular weight excluding hydrogens is 364 g/mol. The molecular formula is C21H21ClN2O3. The molecule has 5 nitrogen and oxygen atoms in total. The zero-order chi connectivity index (χ0) is 19.4. The average molecular weight is 385 g/mol. The van der Waals surface area contributed by atoms with Crippen LogP contribution in [0.3, 0.4) is 0 Å².